The summed E-state index contributed by atoms with van der Waals surface area (Å²) >= 11 is 0. The van der Waals surface area contributed by atoms with E-state index < -0.39 is 35.0 Å². The number of H-pyrrole nitrogens is 1. The third-order valence-electron chi connectivity index (χ3n) is 3.66. The van der Waals surface area contributed by atoms with Crippen LogP contribution in [0.15, 0.2) is 17.1 Å². The van der Waals surface area contributed by atoms with Crippen molar-refractivity contribution < 1.29 is 27.4 Å². The van der Waals surface area contributed by atoms with Crippen LogP contribution in [0.5, 0.6) is 0 Å². The number of amides is 1. The van der Waals surface area contributed by atoms with E-state index in [1.165, 1.54) is 6.92 Å². The van der Waals surface area contributed by atoms with Gasteiger partial charge in [0.25, 0.3) is 11.5 Å². The summed E-state index contributed by atoms with van der Waals surface area (Å²) in [6, 6.07) is 0.591. The minimum atomic E-state index is -4.62. The van der Waals surface area contributed by atoms with Crippen molar-refractivity contribution in [3.8, 4) is 0 Å². The lowest BCUT2D eigenvalue weighted by Crippen LogP contribution is -2.34. The Bertz CT molecular complexity index is 624. The summed E-state index contributed by atoms with van der Waals surface area (Å²) in [6.07, 6.45) is -2.24. The molecule has 6 nitrogen and oxygen atoms in total. The van der Waals surface area contributed by atoms with Crippen molar-refractivity contribution in [2.45, 2.75) is 44.6 Å². The average Bonchev–Trinajstić information content (AvgIpc) is 2.54. The van der Waals surface area contributed by atoms with Gasteiger partial charge in [0, 0.05) is 12.8 Å². The summed E-state index contributed by atoms with van der Waals surface area (Å²) in [5, 5.41) is 2.16. The average molecular weight is 348 g/mol. The number of anilines is 1. The molecular weight excluding hydrogens is 329 g/mol. The largest absolute Gasteiger partial charge is 0.417 e. The van der Waals surface area contributed by atoms with Crippen LogP contribution < -0.4 is 10.9 Å². The number of alkyl halides is 3. The maximum Gasteiger partial charge on any atom is 0.417 e. The predicted molar refractivity (Wildman–Crippen MR) is 79.7 cm³/mol. The molecule has 0 aromatic carbocycles. The second kappa shape index (κ2) is 7.80. The quantitative estimate of drug-likeness (QED) is 0.856. The number of nitrogens with one attached hydrogen (secondary N) is 2. The molecule has 0 spiro atoms. The first-order valence-electron chi connectivity index (χ1n) is 7.61. The van der Waals surface area contributed by atoms with Crippen LogP contribution >= 0.6 is 0 Å². The van der Waals surface area contributed by atoms with Gasteiger partial charge in [-0.25, -0.2) is 0 Å². The first kappa shape index (κ1) is 18.5. The number of pyridine rings is 1. The van der Waals surface area contributed by atoms with E-state index in [4.69, 9.17) is 9.47 Å². The van der Waals surface area contributed by atoms with Crippen LogP contribution in [0.4, 0.5) is 18.9 Å². The molecule has 0 aliphatic carbocycles. The molecule has 0 unspecified atom stereocenters. The van der Waals surface area contributed by atoms with Crippen molar-refractivity contribution in [3.05, 3.63) is 28.2 Å². The van der Waals surface area contributed by atoms with Crippen LogP contribution in [0.1, 0.15) is 31.7 Å². The van der Waals surface area contributed by atoms with Crippen molar-refractivity contribution in [2.24, 2.45) is 0 Å². The lowest BCUT2D eigenvalue weighted by atomic mass is 10.1. The van der Waals surface area contributed by atoms with Gasteiger partial charge in [-0.15, -0.1) is 0 Å². The molecule has 1 amide bonds. The molecule has 1 saturated heterocycles. The maximum absolute atomic E-state index is 12.6. The molecule has 2 N–H and O–H groups in total. The standard InChI is InChI=1S/C15H19F3N2O4/c1-9(24-8-11-4-2-3-5-23-11)13(21)20-12-6-10(15(16,17)18)7-19-14(12)22/h6-7,9,11H,2-5,8H2,1H3,(H,19,22)(H,20,21)/t9-,11+/m1/s1. The molecule has 2 heterocycles. The Morgan fingerprint density at radius 3 is 2.88 bits per heavy atom. The Morgan fingerprint density at radius 2 is 2.25 bits per heavy atom. The molecule has 24 heavy (non-hydrogen) atoms. The first-order chi connectivity index (χ1) is 11.3. The molecule has 2 rings (SSSR count). The van der Waals surface area contributed by atoms with Crippen LogP contribution in [0.25, 0.3) is 0 Å². The second-order valence-electron chi connectivity index (χ2n) is 5.58. The highest BCUT2D eigenvalue weighted by molar-refractivity contribution is 5.93. The number of hydrogen-bond donors (Lipinski definition) is 2. The van der Waals surface area contributed by atoms with Crippen molar-refractivity contribution in [1.82, 2.24) is 4.98 Å². The topological polar surface area (TPSA) is 80.4 Å². The Balaban J connectivity index is 1.94. The number of hydrogen-bond acceptors (Lipinski definition) is 4. The minimum Gasteiger partial charge on any atom is -0.376 e. The predicted octanol–water partition coefficient (Wildman–Crippen LogP) is 2.31. The zero-order valence-corrected chi connectivity index (χ0v) is 13.1. The fraction of sp³-hybridized carbons (Fsp3) is 0.600. The van der Waals surface area contributed by atoms with Gasteiger partial charge >= 0.3 is 6.18 Å². The summed E-state index contributed by atoms with van der Waals surface area (Å²) in [4.78, 5) is 25.5. The van der Waals surface area contributed by atoms with Crippen LogP contribution in [-0.2, 0) is 20.4 Å². The smallest absolute Gasteiger partial charge is 0.376 e. The van der Waals surface area contributed by atoms with Crippen molar-refractivity contribution in [2.75, 3.05) is 18.5 Å². The van der Waals surface area contributed by atoms with Crippen LogP contribution in [-0.4, -0.2) is 36.3 Å². The van der Waals surface area contributed by atoms with Crippen molar-refractivity contribution in [1.29, 1.82) is 0 Å². The summed E-state index contributed by atoms with van der Waals surface area (Å²) in [7, 11) is 0. The van der Waals surface area contributed by atoms with E-state index in [9.17, 15) is 22.8 Å². The van der Waals surface area contributed by atoms with E-state index in [0.29, 0.717) is 18.9 Å². The monoisotopic (exact) mass is 348 g/mol. The number of carbonyl (C=O) groups is 1. The van der Waals surface area contributed by atoms with Crippen LogP contribution in [0, 0.1) is 0 Å². The Hall–Kier alpha value is -1.87. The lowest BCUT2D eigenvalue weighted by Gasteiger charge is -2.23. The van der Waals surface area contributed by atoms with Crippen molar-refractivity contribution >= 4 is 11.6 Å². The van der Waals surface area contributed by atoms with E-state index in [0.717, 1.165) is 19.3 Å². The molecule has 1 fully saturated rings. The second-order valence-corrected chi connectivity index (χ2v) is 5.58. The van der Waals surface area contributed by atoms with Gasteiger partial charge in [0.15, 0.2) is 0 Å². The van der Waals surface area contributed by atoms with Crippen LogP contribution in [0.2, 0.25) is 0 Å². The Labute approximate surface area is 136 Å². The molecule has 2 atom stereocenters. The van der Waals surface area contributed by atoms with Gasteiger partial charge in [-0.05, 0) is 32.3 Å². The summed E-state index contributed by atoms with van der Waals surface area (Å²) in [5.74, 6) is -0.698. The van der Waals surface area contributed by atoms with Gasteiger partial charge in [-0.3, -0.25) is 9.59 Å². The highest BCUT2D eigenvalue weighted by Gasteiger charge is 2.31. The summed E-state index contributed by atoms with van der Waals surface area (Å²) < 4.78 is 48.8. The number of carbonyl (C=O) groups excluding carboxylic acids is 1. The molecule has 1 aliphatic heterocycles. The molecule has 1 aromatic heterocycles. The van der Waals surface area contributed by atoms with E-state index in [1.54, 1.807) is 0 Å². The van der Waals surface area contributed by atoms with Crippen LogP contribution in [0.3, 0.4) is 0 Å². The highest BCUT2D eigenvalue weighted by atomic mass is 19.4. The molecule has 9 heteroatoms. The molecule has 0 radical (unpaired) electrons. The minimum absolute atomic E-state index is 0.0917. The van der Waals surface area contributed by atoms with E-state index in [2.05, 4.69) is 5.32 Å². The third-order valence-corrected chi connectivity index (χ3v) is 3.66. The van der Waals surface area contributed by atoms with Gasteiger partial charge in [0.2, 0.25) is 0 Å². The zero-order valence-electron chi connectivity index (χ0n) is 13.1. The Morgan fingerprint density at radius 1 is 1.50 bits per heavy atom. The number of ether oxygens (including phenoxy) is 2. The van der Waals surface area contributed by atoms with E-state index in [-0.39, 0.29) is 12.7 Å². The van der Waals surface area contributed by atoms with Gasteiger partial charge in [-0.2, -0.15) is 13.2 Å². The molecular formula is C15H19F3N2O4. The number of aromatic nitrogens is 1. The number of rotatable bonds is 5. The summed E-state index contributed by atoms with van der Waals surface area (Å²) in [6.45, 7) is 2.32. The zero-order chi connectivity index (χ0) is 17.7. The molecule has 0 saturated carbocycles. The Kier molecular flexibility index (Phi) is 6.00. The summed E-state index contributed by atoms with van der Waals surface area (Å²) in [5.41, 5.74) is -2.35. The molecule has 134 valence electrons. The number of aromatic amines is 1. The first-order valence-corrected chi connectivity index (χ1v) is 7.61. The maximum atomic E-state index is 12.6. The normalized spacial score (nSPS) is 19.8. The van der Waals surface area contributed by atoms with Gasteiger partial charge in [0.1, 0.15) is 11.8 Å². The fourth-order valence-corrected chi connectivity index (χ4v) is 2.24. The van der Waals surface area contributed by atoms with Gasteiger partial charge in [-0.1, -0.05) is 0 Å². The van der Waals surface area contributed by atoms with E-state index in [1.807, 2.05) is 4.98 Å². The van der Waals surface area contributed by atoms with Gasteiger partial charge < -0.3 is 19.8 Å². The molecule has 1 aliphatic rings. The fourth-order valence-electron chi connectivity index (χ4n) is 2.24. The SMILES string of the molecule is C[C@@H](OC[C@@H]1CCCCO1)C(=O)Nc1cc(C(F)(F)F)c[nH]c1=O. The lowest BCUT2D eigenvalue weighted by molar-refractivity contribution is -0.138. The molecule has 1 aromatic rings. The highest BCUT2D eigenvalue weighted by Crippen LogP contribution is 2.29. The number of halogens is 3. The van der Waals surface area contributed by atoms with Crippen molar-refractivity contribution in [3.63, 3.8) is 0 Å². The third kappa shape index (κ3) is 5.07. The van der Waals surface area contributed by atoms with Gasteiger partial charge in [0.05, 0.1) is 18.3 Å². The van der Waals surface area contributed by atoms with E-state index >= 15 is 0 Å². The molecule has 0 bridgehead atoms.